The lowest BCUT2D eigenvalue weighted by molar-refractivity contribution is -0.126. The number of nitrogens with zero attached hydrogens (tertiary/aromatic N) is 1. The second kappa shape index (κ2) is 9.83. The first-order valence-electron chi connectivity index (χ1n) is 10.5. The van der Waals surface area contributed by atoms with E-state index in [0.29, 0.717) is 5.75 Å². The second-order valence-electron chi connectivity index (χ2n) is 7.63. The van der Waals surface area contributed by atoms with Crippen LogP contribution in [0, 0.1) is 0 Å². The van der Waals surface area contributed by atoms with Crippen molar-refractivity contribution in [2.75, 3.05) is 7.11 Å². The van der Waals surface area contributed by atoms with Crippen LogP contribution in [0.1, 0.15) is 52.7 Å². The van der Waals surface area contributed by atoms with Crippen LogP contribution in [0.3, 0.4) is 0 Å². The van der Waals surface area contributed by atoms with E-state index in [0.717, 1.165) is 36.1 Å². The summed E-state index contributed by atoms with van der Waals surface area (Å²) in [7, 11) is 1.60. The number of benzene rings is 1. The highest BCUT2D eigenvalue weighted by atomic mass is 32.1. The largest absolute Gasteiger partial charge is 0.496 e. The molecule has 0 aliphatic heterocycles. The van der Waals surface area contributed by atoms with E-state index in [9.17, 15) is 9.59 Å². The fraction of sp³-hybridized carbons (Fsp3) is 0.333. The van der Waals surface area contributed by atoms with Crippen molar-refractivity contribution in [3.8, 4) is 5.75 Å². The van der Waals surface area contributed by atoms with E-state index in [2.05, 4.69) is 5.32 Å². The van der Waals surface area contributed by atoms with E-state index >= 15 is 0 Å². The number of nitrogens with one attached hydrogen (secondary N) is 1. The van der Waals surface area contributed by atoms with Crippen LogP contribution in [0.15, 0.2) is 64.6 Å². The van der Waals surface area contributed by atoms with E-state index in [1.807, 2.05) is 41.8 Å². The maximum Gasteiger partial charge on any atom is 0.290 e. The lowest BCUT2D eigenvalue weighted by atomic mass is 10.1. The summed E-state index contributed by atoms with van der Waals surface area (Å²) < 4.78 is 10.9. The summed E-state index contributed by atoms with van der Waals surface area (Å²) in [4.78, 5) is 29.4. The van der Waals surface area contributed by atoms with Crippen LogP contribution in [0.5, 0.6) is 5.75 Å². The van der Waals surface area contributed by atoms with E-state index in [-0.39, 0.29) is 30.2 Å². The fourth-order valence-corrected chi connectivity index (χ4v) is 4.90. The smallest absolute Gasteiger partial charge is 0.290 e. The minimum atomic E-state index is -0.761. The van der Waals surface area contributed by atoms with Gasteiger partial charge in [0, 0.05) is 16.5 Å². The summed E-state index contributed by atoms with van der Waals surface area (Å²) in [5.74, 6) is 0.367. The zero-order valence-electron chi connectivity index (χ0n) is 17.5. The van der Waals surface area contributed by atoms with Gasteiger partial charge < -0.3 is 19.4 Å². The summed E-state index contributed by atoms with van der Waals surface area (Å²) in [6.45, 7) is 0.212. The highest BCUT2D eigenvalue weighted by Gasteiger charge is 2.35. The number of thiophene rings is 1. The van der Waals surface area contributed by atoms with Gasteiger partial charge in [-0.2, -0.15) is 0 Å². The number of amides is 2. The molecule has 1 aliphatic rings. The number of furan rings is 1. The van der Waals surface area contributed by atoms with E-state index in [4.69, 9.17) is 9.15 Å². The van der Waals surface area contributed by atoms with Gasteiger partial charge in [0.1, 0.15) is 11.8 Å². The van der Waals surface area contributed by atoms with E-state index in [1.165, 1.54) is 17.6 Å². The summed E-state index contributed by atoms with van der Waals surface area (Å²) in [5.41, 5.74) is 0.820. The lowest BCUT2D eigenvalue weighted by Crippen LogP contribution is -2.45. The number of hydrogen-bond donors (Lipinski definition) is 1. The Morgan fingerprint density at radius 3 is 2.65 bits per heavy atom. The normalized spacial score (nSPS) is 14.9. The van der Waals surface area contributed by atoms with Crippen molar-refractivity contribution < 1.29 is 18.7 Å². The Bertz CT molecular complexity index is 995. The zero-order chi connectivity index (χ0) is 21.6. The zero-order valence-corrected chi connectivity index (χ0v) is 18.3. The van der Waals surface area contributed by atoms with Crippen LogP contribution in [0.25, 0.3) is 0 Å². The first-order chi connectivity index (χ1) is 15.2. The molecule has 0 bridgehead atoms. The first-order valence-corrected chi connectivity index (χ1v) is 11.4. The average Bonchev–Trinajstić information content (AvgIpc) is 3.57. The Morgan fingerprint density at radius 2 is 1.97 bits per heavy atom. The third-order valence-electron chi connectivity index (χ3n) is 5.60. The van der Waals surface area contributed by atoms with Crippen molar-refractivity contribution >= 4 is 23.2 Å². The predicted molar refractivity (Wildman–Crippen MR) is 119 cm³/mol. The number of ether oxygens (including phenoxy) is 1. The average molecular weight is 439 g/mol. The number of methoxy groups -OCH3 is 1. The number of carbonyl (C=O) groups excluding carboxylic acids is 2. The van der Waals surface area contributed by atoms with Crippen molar-refractivity contribution in [1.29, 1.82) is 0 Å². The summed E-state index contributed by atoms with van der Waals surface area (Å²) in [5, 5.41) is 5.09. The van der Waals surface area contributed by atoms with Gasteiger partial charge in [-0.15, -0.1) is 11.3 Å². The number of para-hydroxylation sites is 1. The molecule has 1 aliphatic carbocycles. The van der Waals surface area contributed by atoms with Gasteiger partial charge in [0.05, 0.1) is 19.9 Å². The maximum atomic E-state index is 13.5. The molecule has 6 nitrogen and oxygen atoms in total. The topological polar surface area (TPSA) is 71.8 Å². The Kier molecular flexibility index (Phi) is 6.72. The standard InChI is InChI=1S/C24H26N2O4S/c1-29-19-11-5-2-8-17(19)16-26(24(28)20-12-6-14-30-20)22(21-13-7-15-31-21)23(27)25-18-9-3-4-10-18/h2,5-8,11-15,18,22H,3-4,9-10,16H2,1H3,(H,25,27). The molecular formula is C24H26N2O4S. The van der Waals surface area contributed by atoms with Gasteiger partial charge in [-0.25, -0.2) is 0 Å². The molecule has 7 heteroatoms. The number of carbonyl (C=O) groups is 2. The third-order valence-corrected chi connectivity index (χ3v) is 6.53. The second-order valence-corrected chi connectivity index (χ2v) is 8.61. The fourth-order valence-electron chi connectivity index (χ4n) is 4.06. The highest BCUT2D eigenvalue weighted by Crippen LogP contribution is 2.31. The molecule has 1 fully saturated rings. The van der Waals surface area contributed by atoms with Crippen LogP contribution in [0.4, 0.5) is 0 Å². The monoisotopic (exact) mass is 438 g/mol. The molecule has 2 amide bonds. The van der Waals surface area contributed by atoms with Gasteiger partial charge in [-0.05, 0) is 42.5 Å². The Labute approximate surface area is 185 Å². The van der Waals surface area contributed by atoms with Crippen molar-refractivity contribution in [3.05, 3.63) is 76.4 Å². The Balaban J connectivity index is 1.72. The van der Waals surface area contributed by atoms with Crippen molar-refractivity contribution in [1.82, 2.24) is 10.2 Å². The van der Waals surface area contributed by atoms with Gasteiger partial charge in [-0.1, -0.05) is 37.1 Å². The van der Waals surface area contributed by atoms with Crippen molar-refractivity contribution in [2.45, 2.75) is 44.3 Å². The molecule has 162 valence electrons. The molecule has 1 atom stereocenters. The number of rotatable bonds is 8. The van der Waals surface area contributed by atoms with Crippen LogP contribution in [-0.4, -0.2) is 29.9 Å². The van der Waals surface area contributed by atoms with Crippen LogP contribution in [0.2, 0.25) is 0 Å². The van der Waals surface area contributed by atoms with Crippen LogP contribution in [-0.2, 0) is 11.3 Å². The minimum Gasteiger partial charge on any atom is -0.496 e. The van der Waals surface area contributed by atoms with Gasteiger partial charge in [0.25, 0.3) is 5.91 Å². The minimum absolute atomic E-state index is 0.154. The van der Waals surface area contributed by atoms with E-state index in [1.54, 1.807) is 24.1 Å². The van der Waals surface area contributed by atoms with Gasteiger partial charge in [-0.3, -0.25) is 9.59 Å². The Morgan fingerprint density at radius 1 is 1.16 bits per heavy atom. The molecule has 1 aromatic carbocycles. The van der Waals surface area contributed by atoms with Crippen LogP contribution < -0.4 is 10.1 Å². The lowest BCUT2D eigenvalue weighted by Gasteiger charge is -2.31. The van der Waals surface area contributed by atoms with Crippen LogP contribution >= 0.6 is 11.3 Å². The molecule has 2 heterocycles. The number of hydrogen-bond acceptors (Lipinski definition) is 5. The molecule has 0 saturated heterocycles. The molecular weight excluding hydrogens is 412 g/mol. The quantitative estimate of drug-likeness (QED) is 0.549. The molecule has 1 N–H and O–H groups in total. The molecule has 2 aromatic heterocycles. The Hall–Kier alpha value is -3.06. The van der Waals surface area contributed by atoms with Gasteiger partial charge >= 0.3 is 0 Å². The van der Waals surface area contributed by atoms with Gasteiger partial charge in [0.2, 0.25) is 5.91 Å². The van der Waals surface area contributed by atoms with Crippen molar-refractivity contribution in [2.24, 2.45) is 0 Å². The summed E-state index contributed by atoms with van der Waals surface area (Å²) in [6.07, 6.45) is 5.64. The SMILES string of the molecule is COc1ccccc1CN(C(=O)c1ccco1)C(C(=O)NC1CCCC1)c1cccs1. The maximum absolute atomic E-state index is 13.5. The molecule has 1 unspecified atom stereocenters. The molecule has 0 spiro atoms. The highest BCUT2D eigenvalue weighted by molar-refractivity contribution is 7.10. The summed E-state index contributed by atoms with van der Waals surface area (Å²) >= 11 is 1.46. The van der Waals surface area contributed by atoms with Gasteiger partial charge in [0.15, 0.2) is 5.76 Å². The molecule has 3 aromatic rings. The first kappa shape index (κ1) is 21.2. The van der Waals surface area contributed by atoms with Crippen molar-refractivity contribution in [3.63, 3.8) is 0 Å². The summed E-state index contributed by atoms with van der Waals surface area (Å²) in [6, 6.07) is 14.0. The van der Waals surface area contributed by atoms with E-state index < -0.39 is 6.04 Å². The molecule has 4 rings (SSSR count). The predicted octanol–water partition coefficient (Wildman–Crippen LogP) is 4.79. The molecule has 0 radical (unpaired) electrons. The third kappa shape index (κ3) is 4.82. The molecule has 1 saturated carbocycles. The molecule has 31 heavy (non-hydrogen) atoms.